The lowest BCUT2D eigenvalue weighted by Crippen LogP contribution is -2.38. The summed E-state index contributed by atoms with van der Waals surface area (Å²) in [5.74, 6) is 1.81. The summed E-state index contributed by atoms with van der Waals surface area (Å²) >= 11 is 6.54. The molecule has 2 aromatic carbocycles. The molecule has 0 nitrogen and oxygen atoms in total. The van der Waals surface area contributed by atoms with E-state index in [1.54, 1.807) is 0 Å². The van der Waals surface area contributed by atoms with Gasteiger partial charge in [-0.2, -0.15) is 0 Å². The smallest absolute Gasteiger partial charge is 0.0261 e. The first-order valence-corrected chi connectivity index (χ1v) is 13.3. The average molecular weight is 473 g/mol. The van der Waals surface area contributed by atoms with Crippen LogP contribution in [0.1, 0.15) is 84.6 Å². The van der Waals surface area contributed by atoms with Crippen LogP contribution >= 0.6 is 11.6 Å². The third kappa shape index (κ3) is 3.03. The fraction of sp³-hybridized carbons (Fsp3) is 0.455. The monoisotopic (exact) mass is 472 g/mol. The molecule has 0 N–H and O–H groups in total. The van der Waals surface area contributed by atoms with E-state index in [-0.39, 0.29) is 10.8 Å². The fourth-order valence-corrected chi connectivity index (χ4v) is 8.03. The third-order valence-corrected chi connectivity index (χ3v) is 9.04. The predicted octanol–water partition coefficient (Wildman–Crippen LogP) is 9.91. The van der Waals surface area contributed by atoms with Crippen molar-refractivity contribution in [1.82, 2.24) is 0 Å². The third-order valence-electron chi connectivity index (χ3n) is 8.93. The van der Waals surface area contributed by atoms with Gasteiger partial charge in [0.25, 0.3) is 0 Å². The van der Waals surface area contributed by atoms with Gasteiger partial charge in [0.2, 0.25) is 0 Å². The highest BCUT2D eigenvalue weighted by Crippen LogP contribution is 2.62. The Morgan fingerprint density at radius 2 is 1.24 bits per heavy atom. The average Bonchev–Trinajstić information content (AvgIpc) is 3.20. The molecule has 0 heterocycles. The van der Waals surface area contributed by atoms with Gasteiger partial charge in [0, 0.05) is 15.9 Å². The molecule has 0 amide bonds. The summed E-state index contributed by atoms with van der Waals surface area (Å²) < 4.78 is 0. The van der Waals surface area contributed by atoms with Crippen LogP contribution in [0.3, 0.4) is 0 Å². The van der Waals surface area contributed by atoms with Gasteiger partial charge in [-0.05, 0) is 93.3 Å². The van der Waals surface area contributed by atoms with E-state index in [4.69, 9.17) is 11.6 Å². The van der Waals surface area contributed by atoms with Crippen molar-refractivity contribution >= 4 is 17.2 Å². The highest BCUT2D eigenvalue weighted by Gasteiger charge is 2.52. The summed E-state index contributed by atoms with van der Waals surface area (Å²) in [6.07, 6.45) is 4.27. The van der Waals surface area contributed by atoms with E-state index in [9.17, 15) is 0 Å². The summed E-state index contributed by atoms with van der Waals surface area (Å²) in [5, 5.41) is 0.811. The molecule has 0 aliphatic heterocycles. The molecular formula is C33H41Cl. The van der Waals surface area contributed by atoms with Crippen molar-refractivity contribution in [3.8, 4) is 11.1 Å². The normalized spacial score (nSPS) is 18.2. The summed E-state index contributed by atoms with van der Waals surface area (Å²) in [4.78, 5) is 0. The second-order valence-corrected chi connectivity index (χ2v) is 12.2. The van der Waals surface area contributed by atoms with Gasteiger partial charge in [-0.3, -0.25) is 0 Å². The van der Waals surface area contributed by atoms with E-state index >= 15 is 0 Å². The van der Waals surface area contributed by atoms with E-state index < -0.39 is 0 Å². The van der Waals surface area contributed by atoms with Crippen LogP contribution in [0.5, 0.6) is 0 Å². The maximum Gasteiger partial charge on any atom is 0.0261 e. The van der Waals surface area contributed by atoms with Crippen LogP contribution in [-0.4, -0.2) is 0 Å². The summed E-state index contributed by atoms with van der Waals surface area (Å²) in [6.45, 7) is 25.3. The highest BCUT2D eigenvalue weighted by molar-refractivity contribution is 6.30. The van der Waals surface area contributed by atoms with Crippen molar-refractivity contribution in [3.63, 3.8) is 0 Å². The van der Waals surface area contributed by atoms with Crippen LogP contribution < -0.4 is 0 Å². The first-order chi connectivity index (χ1) is 16.0. The molecule has 0 bridgehead atoms. The zero-order valence-electron chi connectivity index (χ0n) is 22.5. The Bertz CT molecular complexity index is 1180. The van der Waals surface area contributed by atoms with Gasteiger partial charge >= 0.3 is 0 Å². The summed E-state index contributed by atoms with van der Waals surface area (Å²) in [6, 6.07) is 14.2. The second-order valence-electron chi connectivity index (χ2n) is 11.6. The van der Waals surface area contributed by atoms with Gasteiger partial charge in [0.15, 0.2) is 0 Å². The summed E-state index contributed by atoms with van der Waals surface area (Å²) in [5.41, 5.74) is 11.0. The van der Waals surface area contributed by atoms with Gasteiger partial charge in [-0.1, -0.05) is 104 Å². The van der Waals surface area contributed by atoms with Crippen LogP contribution in [0.2, 0.25) is 0 Å². The molecule has 0 unspecified atom stereocenters. The molecule has 0 radical (unpaired) electrons. The number of rotatable bonds is 6. The van der Waals surface area contributed by atoms with Crippen molar-refractivity contribution < 1.29 is 0 Å². The molecule has 2 aromatic rings. The number of benzene rings is 2. The minimum atomic E-state index is -0.0971. The Morgan fingerprint density at radius 3 is 1.74 bits per heavy atom. The van der Waals surface area contributed by atoms with Crippen LogP contribution in [0.4, 0.5) is 0 Å². The van der Waals surface area contributed by atoms with Gasteiger partial charge < -0.3 is 0 Å². The lowest BCUT2D eigenvalue weighted by atomic mass is 9.61. The lowest BCUT2D eigenvalue weighted by Gasteiger charge is -2.42. The quantitative estimate of drug-likeness (QED) is 0.392. The van der Waals surface area contributed by atoms with Gasteiger partial charge in [0.1, 0.15) is 0 Å². The molecule has 0 atom stereocenters. The molecule has 180 valence electrons. The maximum absolute atomic E-state index is 6.54. The number of hydrogen-bond acceptors (Lipinski definition) is 0. The Labute approximate surface area is 212 Å². The van der Waals surface area contributed by atoms with Crippen molar-refractivity contribution in [3.05, 3.63) is 88.0 Å². The second kappa shape index (κ2) is 8.56. The minimum absolute atomic E-state index is 0.0129. The lowest BCUT2D eigenvalue weighted by molar-refractivity contribution is 0.275. The van der Waals surface area contributed by atoms with Crippen molar-refractivity contribution in [1.29, 1.82) is 0 Å². The Morgan fingerprint density at radius 1 is 0.735 bits per heavy atom. The Hall–Kier alpha value is -2.05. The number of fused-ring (bicyclic) bond motifs is 4. The van der Waals surface area contributed by atoms with E-state index in [1.165, 1.54) is 44.5 Å². The van der Waals surface area contributed by atoms with Gasteiger partial charge in [-0.25, -0.2) is 0 Å². The van der Waals surface area contributed by atoms with E-state index in [1.807, 2.05) is 6.92 Å². The summed E-state index contributed by atoms with van der Waals surface area (Å²) in [7, 11) is 0. The minimum Gasteiger partial charge on any atom is -0.0987 e. The molecular weight excluding hydrogens is 432 g/mol. The van der Waals surface area contributed by atoms with Gasteiger partial charge in [-0.15, -0.1) is 0 Å². The highest BCUT2D eigenvalue weighted by atomic mass is 35.5. The molecule has 0 saturated carbocycles. The van der Waals surface area contributed by atoms with Crippen LogP contribution in [-0.2, 0) is 10.8 Å². The van der Waals surface area contributed by atoms with Gasteiger partial charge in [0.05, 0.1) is 0 Å². The molecule has 2 aliphatic carbocycles. The van der Waals surface area contributed by atoms with Crippen LogP contribution in [0.25, 0.3) is 16.7 Å². The van der Waals surface area contributed by atoms with Crippen molar-refractivity contribution in [2.75, 3.05) is 0 Å². The number of halogens is 1. The largest absolute Gasteiger partial charge is 0.0987 e. The zero-order valence-corrected chi connectivity index (χ0v) is 23.3. The van der Waals surface area contributed by atoms with Crippen molar-refractivity contribution in [2.24, 2.45) is 23.7 Å². The molecule has 34 heavy (non-hydrogen) atoms. The molecule has 0 saturated heterocycles. The first-order valence-electron chi connectivity index (χ1n) is 13.0. The molecule has 0 aromatic heterocycles. The topological polar surface area (TPSA) is 0 Å². The Kier molecular flexibility index (Phi) is 6.31. The van der Waals surface area contributed by atoms with Crippen LogP contribution in [0, 0.1) is 23.7 Å². The molecule has 0 spiro atoms. The van der Waals surface area contributed by atoms with E-state index in [0.717, 1.165) is 5.03 Å². The maximum atomic E-state index is 6.54. The van der Waals surface area contributed by atoms with E-state index in [0.29, 0.717) is 23.7 Å². The fourth-order valence-electron chi connectivity index (χ4n) is 7.92. The molecule has 4 rings (SSSR count). The Balaban J connectivity index is 2.21. The number of hydrogen-bond donors (Lipinski definition) is 0. The standard InChI is InChI=1S/C33H41Cl/c1-11-28-25(16-23(10)34)27-18-30-26(17-31(27)32(28,19(2)3)20(4)5)24-14-12-13-15-29(24)33(30,21(6)7)22(8)9/h11-22H,1H2,2-10H3/b23-16+. The first kappa shape index (κ1) is 25.1. The molecule has 1 heteroatoms. The molecule has 0 fully saturated rings. The predicted molar refractivity (Wildman–Crippen MR) is 150 cm³/mol. The zero-order chi connectivity index (χ0) is 25.2. The SMILES string of the molecule is C=CC1=C(/C=C(\C)Cl)c2cc3c(cc2C1(C(C)C)C(C)C)-c1ccccc1C3(C(C)C)C(C)C. The van der Waals surface area contributed by atoms with E-state index in [2.05, 4.69) is 111 Å². The van der Waals surface area contributed by atoms with Crippen LogP contribution in [0.15, 0.2) is 65.7 Å². The number of allylic oxidation sites excluding steroid dienone is 5. The van der Waals surface area contributed by atoms with Crippen molar-refractivity contribution in [2.45, 2.75) is 73.1 Å². The molecule has 2 aliphatic rings.